The summed E-state index contributed by atoms with van der Waals surface area (Å²) in [7, 11) is 0. The molecule has 0 radical (unpaired) electrons. The fourth-order valence-electron chi connectivity index (χ4n) is 2.44. The Morgan fingerprint density at radius 3 is 2.48 bits per heavy atom. The van der Waals surface area contributed by atoms with Gasteiger partial charge in [0.25, 0.3) is 0 Å². The summed E-state index contributed by atoms with van der Waals surface area (Å²) >= 11 is 0. The lowest BCUT2D eigenvalue weighted by Gasteiger charge is -2.19. The number of halogens is 2. The van der Waals surface area contributed by atoms with Crippen molar-refractivity contribution in [3.05, 3.63) is 65.2 Å². The molecule has 0 saturated heterocycles. The molecule has 1 amide bonds. The third-order valence-corrected chi connectivity index (χ3v) is 3.59. The average Bonchev–Trinajstić information content (AvgIpc) is 2.49. The van der Waals surface area contributed by atoms with Crippen molar-refractivity contribution >= 4 is 11.6 Å². The van der Waals surface area contributed by atoms with Crippen LogP contribution in [0.15, 0.2) is 42.5 Å². The Morgan fingerprint density at radius 2 is 1.87 bits per heavy atom. The van der Waals surface area contributed by atoms with Gasteiger partial charge in [-0.3, -0.25) is 4.79 Å². The summed E-state index contributed by atoms with van der Waals surface area (Å²) in [6.07, 6.45) is 1.53. The van der Waals surface area contributed by atoms with Crippen LogP contribution in [-0.2, 0) is 11.2 Å². The molecular weight excluding hydrogens is 298 g/mol. The van der Waals surface area contributed by atoms with Crippen LogP contribution in [0.4, 0.5) is 14.5 Å². The van der Waals surface area contributed by atoms with E-state index in [1.807, 2.05) is 6.92 Å². The highest BCUT2D eigenvalue weighted by molar-refractivity contribution is 5.79. The Kier molecular flexibility index (Phi) is 5.68. The van der Waals surface area contributed by atoms with Gasteiger partial charge >= 0.3 is 0 Å². The van der Waals surface area contributed by atoms with Crippen molar-refractivity contribution in [2.45, 2.75) is 32.2 Å². The number of hydrogen-bond donors (Lipinski definition) is 2. The lowest BCUT2D eigenvalue weighted by atomic mass is 10.0. The van der Waals surface area contributed by atoms with E-state index in [-0.39, 0.29) is 12.3 Å². The molecule has 3 N–H and O–H groups in total. The van der Waals surface area contributed by atoms with Gasteiger partial charge in [-0.2, -0.15) is 0 Å². The predicted molar refractivity (Wildman–Crippen MR) is 86.7 cm³/mol. The zero-order valence-electron chi connectivity index (χ0n) is 13.0. The van der Waals surface area contributed by atoms with Crippen LogP contribution >= 0.6 is 0 Å². The number of carbonyl (C=O) groups is 1. The summed E-state index contributed by atoms with van der Waals surface area (Å²) in [5.41, 5.74) is 7.37. The monoisotopic (exact) mass is 318 g/mol. The van der Waals surface area contributed by atoms with E-state index in [2.05, 4.69) is 5.32 Å². The van der Waals surface area contributed by atoms with Crippen molar-refractivity contribution in [2.24, 2.45) is 0 Å². The van der Waals surface area contributed by atoms with E-state index < -0.39 is 17.7 Å². The number of anilines is 1. The number of hydrogen-bond acceptors (Lipinski definition) is 2. The lowest BCUT2D eigenvalue weighted by molar-refractivity contribution is -0.121. The predicted octanol–water partition coefficient (Wildman–Crippen LogP) is 3.75. The van der Waals surface area contributed by atoms with Gasteiger partial charge in [0, 0.05) is 17.3 Å². The molecule has 2 aromatic rings. The summed E-state index contributed by atoms with van der Waals surface area (Å²) in [5, 5.41) is 2.82. The van der Waals surface area contributed by atoms with E-state index in [0.29, 0.717) is 17.7 Å². The number of benzene rings is 2. The quantitative estimate of drug-likeness (QED) is 0.797. The summed E-state index contributed by atoms with van der Waals surface area (Å²) < 4.78 is 27.0. The van der Waals surface area contributed by atoms with Crippen molar-refractivity contribution in [3.63, 3.8) is 0 Å². The molecule has 0 aliphatic carbocycles. The molecule has 1 unspecified atom stereocenters. The summed E-state index contributed by atoms with van der Waals surface area (Å²) in [4.78, 5) is 12.2. The minimum atomic E-state index is -0.642. The third-order valence-electron chi connectivity index (χ3n) is 3.59. The highest BCUT2D eigenvalue weighted by Crippen LogP contribution is 2.22. The number of nitrogens with one attached hydrogen (secondary N) is 1. The van der Waals surface area contributed by atoms with Crippen LogP contribution in [0.1, 0.15) is 36.9 Å². The fourth-order valence-corrected chi connectivity index (χ4v) is 2.44. The maximum Gasteiger partial charge on any atom is 0.224 e. The van der Waals surface area contributed by atoms with E-state index in [0.717, 1.165) is 18.1 Å². The van der Waals surface area contributed by atoms with Crippen molar-refractivity contribution in [1.29, 1.82) is 0 Å². The molecule has 0 aliphatic rings. The van der Waals surface area contributed by atoms with Crippen LogP contribution in [0.3, 0.4) is 0 Å². The Balaban J connectivity index is 2.09. The highest BCUT2D eigenvalue weighted by Gasteiger charge is 2.18. The minimum absolute atomic E-state index is 0.184. The normalized spacial score (nSPS) is 12.0. The number of rotatable bonds is 6. The molecule has 0 saturated carbocycles. The highest BCUT2D eigenvalue weighted by atomic mass is 19.1. The molecule has 122 valence electrons. The van der Waals surface area contributed by atoms with Gasteiger partial charge in [-0.1, -0.05) is 31.5 Å². The second-order valence-corrected chi connectivity index (χ2v) is 5.49. The van der Waals surface area contributed by atoms with Crippen LogP contribution in [0.2, 0.25) is 0 Å². The molecule has 3 nitrogen and oxygen atoms in total. The van der Waals surface area contributed by atoms with E-state index in [1.165, 1.54) is 12.1 Å². The molecule has 0 heterocycles. The van der Waals surface area contributed by atoms with Crippen molar-refractivity contribution < 1.29 is 13.6 Å². The van der Waals surface area contributed by atoms with Gasteiger partial charge < -0.3 is 11.1 Å². The van der Waals surface area contributed by atoms with Gasteiger partial charge in [0.1, 0.15) is 11.6 Å². The van der Waals surface area contributed by atoms with Gasteiger partial charge in [0.2, 0.25) is 5.91 Å². The topological polar surface area (TPSA) is 55.1 Å². The number of nitrogens with two attached hydrogens (primary N) is 1. The van der Waals surface area contributed by atoms with E-state index in [1.54, 1.807) is 24.3 Å². The minimum Gasteiger partial charge on any atom is -0.399 e. The summed E-state index contributed by atoms with van der Waals surface area (Å²) in [6, 6.07) is 9.97. The van der Waals surface area contributed by atoms with E-state index in [4.69, 9.17) is 5.73 Å². The molecule has 23 heavy (non-hydrogen) atoms. The smallest absolute Gasteiger partial charge is 0.224 e. The van der Waals surface area contributed by atoms with Crippen molar-refractivity contribution in [3.8, 4) is 0 Å². The second kappa shape index (κ2) is 7.72. The van der Waals surface area contributed by atoms with Gasteiger partial charge in [-0.05, 0) is 30.2 Å². The molecule has 0 bridgehead atoms. The number of carbonyl (C=O) groups excluding carboxylic acids is 1. The van der Waals surface area contributed by atoms with Crippen molar-refractivity contribution in [2.75, 3.05) is 5.73 Å². The van der Waals surface area contributed by atoms with Crippen LogP contribution in [0, 0.1) is 11.6 Å². The number of nitrogen functional groups attached to an aromatic ring is 1. The first kappa shape index (κ1) is 16.9. The van der Waals surface area contributed by atoms with E-state index in [9.17, 15) is 13.6 Å². The number of amides is 1. The Morgan fingerprint density at radius 1 is 1.17 bits per heavy atom. The first-order chi connectivity index (χ1) is 11.0. The molecule has 0 aliphatic heterocycles. The molecule has 0 spiro atoms. The molecular formula is C18H20F2N2O. The van der Waals surface area contributed by atoms with Crippen LogP contribution < -0.4 is 11.1 Å². The molecule has 1 atom stereocenters. The lowest BCUT2D eigenvalue weighted by Crippen LogP contribution is -2.30. The van der Waals surface area contributed by atoms with E-state index >= 15 is 0 Å². The standard InChI is InChI=1S/C18H20F2N2O/c1-2-3-17(15-9-6-13(19)11-16(15)20)22-18(23)10-12-4-7-14(21)8-5-12/h4-9,11,17H,2-3,10,21H2,1H3,(H,22,23). The average molecular weight is 318 g/mol. The maximum absolute atomic E-state index is 13.9. The molecule has 0 aromatic heterocycles. The van der Waals surface area contributed by atoms with Gasteiger partial charge in [0.15, 0.2) is 0 Å². The van der Waals surface area contributed by atoms with Gasteiger partial charge in [0.05, 0.1) is 12.5 Å². The van der Waals surface area contributed by atoms with Gasteiger partial charge in [-0.25, -0.2) is 8.78 Å². The maximum atomic E-state index is 13.9. The third kappa shape index (κ3) is 4.77. The molecule has 5 heteroatoms. The molecule has 2 aromatic carbocycles. The summed E-state index contributed by atoms with van der Waals surface area (Å²) in [6.45, 7) is 1.94. The largest absolute Gasteiger partial charge is 0.399 e. The SMILES string of the molecule is CCCC(NC(=O)Cc1ccc(N)cc1)c1ccc(F)cc1F. The zero-order chi connectivity index (χ0) is 16.8. The molecule has 0 fully saturated rings. The van der Waals surface area contributed by atoms with Crippen LogP contribution in [0.25, 0.3) is 0 Å². The first-order valence-electron chi connectivity index (χ1n) is 7.58. The first-order valence-corrected chi connectivity index (χ1v) is 7.58. The van der Waals surface area contributed by atoms with Gasteiger partial charge in [-0.15, -0.1) is 0 Å². The Hall–Kier alpha value is -2.43. The Labute approximate surface area is 134 Å². The zero-order valence-corrected chi connectivity index (χ0v) is 13.0. The van der Waals surface area contributed by atoms with Crippen molar-refractivity contribution in [1.82, 2.24) is 5.32 Å². The van der Waals surface area contributed by atoms with Crippen LogP contribution in [0.5, 0.6) is 0 Å². The van der Waals surface area contributed by atoms with Crippen LogP contribution in [-0.4, -0.2) is 5.91 Å². The fraction of sp³-hybridized carbons (Fsp3) is 0.278. The molecule has 2 rings (SSSR count). The second-order valence-electron chi connectivity index (χ2n) is 5.49. The summed E-state index contributed by atoms with van der Waals surface area (Å²) in [5.74, 6) is -1.48. The Bertz CT molecular complexity index is 671.